The lowest BCUT2D eigenvalue weighted by Gasteiger charge is -2.56. The summed E-state index contributed by atoms with van der Waals surface area (Å²) >= 11 is 0. The van der Waals surface area contributed by atoms with Gasteiger partial charge in [-0.1, -0.05) is 39.3 Å². The summed E-state index contributed by atoms with van der Waals surface area (Å²) in [6.45, 7) is 29.5. The van der Waals surface area contributed by atoms with E-state index >= 15 is 0 Å². The van der Waals surface area contributed by atoms with Crippen molar-refractivity contribution in [2.24, 2.45) is 0 Å². The Morgan fingerprint density at radius 2 is 1.07 bits per heavy atom. The molecule has 0 amide bonds. The van der Waals surface area contributed by atoms with E-state index in [0.717, 1.165) is 76.4 Å². The summed E-state index contributed by atoms with van der Waals surface area (Å²) in [6.07, 6.45) is 10.4. The maximum Gasteiger partial charge on any atom is 0.323 e. The second-order valence-corrected chi connectivity index (χ2v) is 15.4. The first kappa shape index (κ1) is 34.6. The fraction of sp³-hybridized carbons (Fsp3) is 0.853. The fourth-order valence-corrected chi connectivity index (χ4v) is 7.42. The number of anilines is 2. The summed E-state index contributed by atoms with van der Waals surface area (Å²) in [5, 5.41) is 0. The Morgan fingerprint density at radius 3 is 1.38 bits per heavy atom. The van der Waals surface area contributed by atoms with E-state index in [-0.39, 0.29) is 22.2 Å². The highest BCUT2D eigenvalue weighted by Gasteiger charge is 2.47. The lowest BCUT2D eigenvalue weighted by molar-refractivity contribution is -0.0130. The monoisotopic (exact) mass is 586 g/mol. The lowest BCUT2D eigenvalue weighted by Crippen LogP contribution is -2.63. The Hall–Kier alpha value is -1.93. The molecule has 3 rings (SSSR count). The van der Waals surface area contributed by atoms with Crippen LogP contribution in [0.2, 0.25) is 0 Å². The molecule has 240 valence electrons. The van der Waals surface area contributed by atoms with Gasteiger partial charge in [0.2, 0.25) is 11.9 Å². The molecule has 8 nitrogen and oxygen atoms in total. The standard InChI is InChI=1S/C34H63N7O/c1-14-17-19-40(26-22-31(4,5)38(12)32(6,7)23-26)28-35-29(37-30(36-28)42-21-16-3)41(20-18-15-2)27-24-33(8,9)39(13)34(10,11)25-27/h16,26-27H,3,14-15,17-25H2,1-2,4-13H3. The molecule has 0 N–H and O–H groups in total. The summed E-state index contributed by atoms with van der Waals surface area (Å²) < 4.78 is 6.07. The van der Waals surface area contributed by atoms with Gasteiger partial charge >= 0.3 is 6.01 Å². The first-order chi connectivity index (χ1) is 19.5. The van der Waals surface area contributed by atoms with Gasteiger partial charge in [0.25, 0.3) is 0 Å². The number of hydrogen-bond donors (Lipinski definition) is 0. The van der Waals surface area contributed by atoms with Crippen molar-refractivity contribution in [1.29, 1.82) is 0 Å². The third-order valence-electron chi connectivity index (χ3n) is 10.4. The van der Waals surface area contributed by atoms with Crippen LogP contribution in [0.4, 0.5) is 11.9 Å². The van der Waals surface area contributed by atoms with Gasteiger partial charge in [0.15, 0.2) is 0 Å². The second kappa shape index (κ2) is 13.4. The van der Waals surface area contributed by atoms with Crippen molar-refractivity contribution < 1.29 is 4.74 Å². The van der Waals surface area contributed by atoms with E-state index in [2.05, 4.69) is 110 Å². The van der Waals surface area contributed by atoms with Gasteiger partial charge in [-0.3, -0.25) is 9.80 Å². The van der Waals surface area contributed by atoms with Crippen LogP contribution in [-0.2, 0) is 0 Å². The number of ether oxygens (including phenoxy) is 1. The van der Waals surface area contributed by atoms with E-state index in [1.54, 1.807) is 6.08 Å². The fourth-order valence-electron chi connectivity index (χ4n) is 7.42. The van der Waals surface area contributed by atoms with Crippen molar-refractivity contribution in [2.75, 3.05) is 43.6 Å². The van der Waals surface area contributed by atoms with Crippen LogP contribution >= 0.6 is 0 Å². The molecule has 1 aromatic heterocycles. The molecule has 1 aromatic rings. The largest absolute Gasteiger partial charge is 0.459 e. The Kier molecular flexibility index (Phi) is 11.0. The quantitative estimate of drug-likeness (QED) is 0.231. The van der Waals surface area contributed by atoms with Gasteiger partial charge in [0, 0.05) is 47.3 Å². The summed E-state index contributed by atoms with van der Waals surface area (Å²) in [4.78, 5) is 25.3. The van der Waals surface area contributed by atoms with Gasteiger partial charge in [0.05, 0.1) is 0 Å². The van der Waals surface area contributed by atoms with Gasteiger partial charge in [-0.2, -0.15) is 15.0 Å². The molecule has 0 radical (unpaired) electrons. The maximum absolute atomic E-state index is 6.07. The zero-order chi connectivity index (χ0) is 31.5. The van der Waals surface area contributed by atoms with Crippen LogP contribution < -0.4 is 14.5 Å². The summed E-state index contributed by atoms with van der Waals surface area (Å²) in [7, 11) is 4.54. The highest BCUT2D eigenvalue weighted by Crippen LogP contribution is 2.42. The molecule has 2 aliphatic heterocycles. The van der Waals surface area contributed by atoms with Crippen LogP contribution in [0.1, 0.15) is 121 Å². The van der Waals surface area contributed by atoms with Gasteiger partial charge in [-0.15, -0.1) is 0 Å². The van der Waals surface area contributed by atoms with Gasteiger partial charge < -0.3 is 14.5 Å². The van der Waals surface area contributed by atoms with E-state index in [9.17, 15) is 0 Å². The zero-order valence-corrected chi connectivity index (χ0v) is 29.3. The van der Waals surface area contributed by atoms with E-state index in [1.807, 2.05) is 0 Å². The minimum atomic E-state index is 0.0629. The van der Waals surface area contributed by atoms with E-state index in [0.29, 0.717) is 24.7 Å². The first-order valence-corrected chi connectivity index (χ1v) is 16.5. The smallest absolute Gasteiger partial charge is 0.323 e. The maximum atomic E-state index is 6.07. The van der Waals surface area contributed by atoms with Gasteiger partial charge in [-0.05, 0) is 108 Å². The number of aromatic nitrogens is 3. The number of nitrogens with zero attached hydrogens (tertiary/aromatic N) is 7. The molecule has 2 fully saturated rings. The summed E-state index contributed by atoms with van der Waals surface area (Å²) in [5.74, 6) is 1.50. The topological polar surface area (TPSA) is 60.9 Å². The third-order valence-corrected chi connectivity index (χ3v) is 10.4. The number of rotatable bonds is 13. The first-order valence-electron chi connectivity index (χ1n) is 16.5. The van der Waals surface area contributed by atoms with Gasteiger partial charge in [0.1, 0.15) is 6.61 Å². The molecule has 2 saturated heterocycles. The molecule has 0 saturated carbocycles. The molecule has 0 unspecified atom stereocenters. The highest BCUT2D eigenvalue weighted by molar-refractivity contribution is 5.43. The molecule has 2 aliphatic rings. The minimum Gasteiger partial charge on any atom is -0.459 e. The van der Waals surface area contributed by atoms with Crippen LogP contribution in [0.5, 0.6) is 6.01 Å². The number of piperidine rings is 2. The van der Waals surface area contributed by atoms with Crippen LogP contribution in [0.15, 0.2) is 12.7 Å². The Labute approximate surface area is 258 Å². The SMILES string of the molecule is C=CCOc1nc(N(CCCC)C2CC(C)(C)N(C)C(C)(C)C2)nc(N(CCCC)C2CC(C)(C)N(C)C(C)(C)C2)n1. The predicted molar refractivity (Wildman–Crippen MR) is 178 cm³/mol. The molecule has 42 heavy (non-hydrogen) atoms. The number of hydrogen-bond acceptors (Lipinski definition) is 8. The van der Waals surface area contributed by atoms with Crippen molar-refractivity contribution in [3.8, 4) is 6.01 Å². The summed E-state index contributed by atoms with van der Waals surface area (Å²) in [6, 6.07) is 1.05. The molecule has 0 aliphatic carbocycles. The lowest BCUT2D eigenvalue weighted by atomic mass is 9.77. The van der Waals surface area contributed by atoms with Crippen molar-refractivity contribution in [3.05, 3.63) is 12.7 Å². The molecule has 0 atom stereocenters. The van der Waals surface area contributed by atoms with Crippen molar-refractivity contribution in [1.82, 2.24) is 24.8 Å². The van der Waals surface area contributed by atoms with Crippen LogP contribution in [-0.4, -0.2) is 92.8 Å². The molecule has 0 bridgehead atoms. The predicted octanol–water partition coefficient (Wildman–Crippen LogP) is 6.95. The second-order valence-electron chi connectivity index (χ2n) is 15.4. The molecule has 0 aromatic carbocycles. The Morgan fingerprint density at radius 1 is 0.714 bits per heavy atom. The number of likely N-dealkylation sites (tertiary alicyclic amines) is 2. The van der Waals surface area contributed by atoms with E-state index < -0.39 is 0 Å². The number of unbranched alkanes of at least 4 members (excludes halogenated alkanes) is 2. The molecule has 0 spiro atoms. The molecular formula is C34H63N7O. The molecular weight excluding hydrogens is 522 g/mol. The van der Waals surface area contributed by atoms with Crippen molar-refractivity contribution >= 4 is 11.9 Å². The summed E-state index contributed by atoms with van der Waals surface area (Å²) in [5.41, 5.74) is 0.251. The van der Waals surface area contributed by atoms with Crippen LogP contribution in [0, 0.1) is 0 Å². The molecule has 8 heteroatoms. The average Bonchev–Trinajstić information content (AvgIpc) is 2.89. The van der Waals surface area contributed by atoms with Gasteiger partial charge in [-0.25, -0.2) is 0 Å². The van der Waals surface area contributed by atoms with E-state index in [1.165, 1.54) is 0 Å². The third kappa shape index (κ3) is 7.77. The highest BCUT2D eigenvalue weighted by atomic mass is 16.5. The van der Waals surface area contributed by atoms with Crippen LogP contribution in [0.3, 0.4) is 0 Å². The Bertz CT molecular complexity index is 928. The van der Waals surface area contributed by atoms with Crippen molar-refractivity contribution in [3.63, 3.8) is 0 Å². The van der Waals surface area contributed by atoms with Crippen LogP contribution in [0.25, 0.3) is 0 Å². The van der Waals surface area contributed by atoms with Crippen molar-refractivity contribution in [2.45, 2.75) is 155 Å². The Balaban J connectivity index is 2.13. The zero-order valence-electron chi connectivity index (χ0n) is 29.3. The minimum absolute atomic E-state index is 0.0629. The normalized spacial score (nSPS) is 22.6. The van der Waals surface area contributed by atoms with E-state index in [4.69, 9.17) is 19.7 Å². The average molecular weight is 586 g/mol. The molecule has 3 heterocycles.